The van der Waals surface area contributed by atoms with E-state index in [4.69, 9.17) is 0 Å². The number of nitrogens with zero attached hydrogens (tertiary/aromatic N) is 4. The van der Waals surface area contributed by atoms with Crippen molar-refractivity contribution in [2.75, 3.05) is 0 Å². The van der Waals surface area contributed by atoms with Crippen molar-refractivity contribution in [1.29, 1.82) is 0 Å². The molecule has 0 spiro atoms. The van der Waals surface area contributed by atoms with Gasteiger partial charge >= 0.3 is 5.97 Å². The van der Waals surface area contributed by atoms with Gasteiger partial charge < -0.3 is 10.0 Å². The summed E-state index contributed by atoms with van der Waals surface area (Å²) < 4.78 is 1.44. The number of amides is 1. The second kappa shape index (κ2) is 6.04. The van der Waals surface area contributed by atoms with E-state index in [9.17, 15) is 19.5 Å². The lowest BCUT2D eigenvalue weighted by Crippen LogP contribution is -2.62. The fourth-order valence-corrected chi connectivity index (χ4v) is 4.02. The molecule has 1 unspecified atom stereocenters. The van der Waals surface area contributed by atoms with Crippen LogP contribution in [0.4, 0.5) is 0 Å². The van der Waals surface area contributed by atoms with Crippen LogP contribution >= 0.6 is 12.6 Å². The van der Waals surface area contributed by atoms with Crippen molar-refractivity contribution in [2.24, 2.45) is 17.8 Å². The molecule has 1 N–H and O–H groups in total. The largest absolute Gasteiger partial charge is 0.477 e. The van der Waals surface area contributed by atoms with Crippen molar-refractivity contribution in [3.05, 3.63) is 23.0 Å². The van der Waals surface area contributed by atoms with E-state index in [-0.39, 0.29) is 54.1 Å². The van der Waals surface area contributed by atoms with Crippen LogP contribution in [0.15, 0.2) is 23.0 Å². The Morgan fingerprint density at radius 2 is 2.17 bits per heavy atom. The lowest BCUT2D eigenvalue weighted by atomic mass is 9.73. The summed E-state index contributed by atoms with van der Waals surface area (Å²) in [5.74, 6) is -2.10. The molecule has 24 heavy (non-hydrogen) atoms. The number of thiol groups is 1. The summed E-state index contributed by atoms with van der Waals surface area (Å²) in [6, 6.07) is -0.231. The van der Waals surface area contributed by atoms with Gasteiger partial charge in [0.15, 0.2) is 5.78 Å². The van der Waals surface area contributed by atoms with E-state index in [0.29, 0.717) is 4.91 Å². The number of rotatable bonds is 6. The number of carboxylic acid groups (broad SMARTS) is 1. The van der Waals surface area contributed by atoms with Gasteiger partial charge in [0, 0.05) is 23.4 Å². The molecule has 1 aromatic heterocycles. The van der Waals surface area contributed by atoms with Gasteiger partial charge in [-0.15, -0.1) is 17.7 Å². The topological polar surface area (TPSA) is 105 Å². The first kappa shape index (κ1) is 16.7. The van der Waals surface area contributed by atoms with Crippen LogP contribution in [0.25, 0.3) is 0 Å². The first-order chi connectivity index (χ1) is 11.3. The third-order valence-corrected chi connectivity index (χ3v) is 5.41. The molecule has 3 heterocycles. The van der Waals surface area contributed by atoms with Gasteiger partial charge in [-0.1, -0.05) is 19.1 Å². The molecule has 1 saturated heterocycles. The van der Waals surface area contributed by atoms with Crippen molar-refractivity contribution in [2.45, 2.75) is 32.9 Å². The molecular weight excluding hydrogens is 332 g/mol. The molecule has 1 aromatic rings. The molecule has 3 rings (SSSR count). The molecule has 2 aliphatic heterocycles. The van der Waals surface area contributed by atoms with Crippen molar-refractivity contribution in [1.82, 2.24) is 19.9 Å². The number of aromatic nitrogens is 3. The van der Waals surface area contributed by atoms with Crippen LogP contribution in [0.3, 0.4) is 0 Å². The van der Waals surface area contributed by atoms with Crippen LogP contribution in [-0.2, 0) is 20.9 Å². The normalized spacial score (nSPS) is 27.0. The minimum Gasteiger partial charge on any atom is -0.477 e. The van der Waals surface area contributed by atoms with Crippen LogP contribution in [0.5, 0.6) is 0 Å². The number of Topliss-reactive ketones (excluding diaryl/α,β-unsaturated/α-hetero) is 1. The minimum absolute atomic E-state index is 0.0294. The summed E-state index contributed by atoms with van der Waals surface area (Å²) in [5, 5.41) is 16.7. The molecule has 9 heteroatoms. The number of aliphatic carboxylic acids is 1. The molecule has 0 saturated carbocycles. The van der Waals surface area contributed by atoms with Gasteiger partial charge in [0.2, 0.25) is 5.91 Å². The summed E-state index contributed by atoms with van der Waals surface area (Å²) >= 11 is 4.28. The molecule has 4 atom stereocenters. The first-order valence-corrected chi connectivity index (χ1v) is 8.13. The Labute approximate surface area is 143 Å². The lowest BCUT2D eigenvalue weighted by molar-refractivity contribution is -0.160. The second-order valence-corrected chi connectivity index (χ2v) is 6.85. The summed E-state index contributed by atoms with van der Waals surface area (Å²) in [7, 11) is 0. The van der Waals surface area contributed by atoms with Gasteiger partial charge in [-0.05, 0) is 5.92 Å². The third kappa shape index (κ3) is 2.52. The number of β-lactam (4-membered cyclic amide) rings is 1. The number of ketones is 1. The average molecular weight is 350 g/mol. The maximum absolute atomic E-state index is 12.4. The zero-order chi connectivity index (χ0) is 17.6. The van der Waals surface area contributed by atoms with Crippen LogP contribution in [-0.4, -0.2) is 48.7 Å². The number of hydrogen-bond donors (Lipinski definition) is 2. The quantitative estimate of drug-likeness (QED) is 0.574. The number of carboxylic acids is 1. The van der Waals surface area contributed by atoms with Crippen molar-refractivity contribution in [3.8, 4) is 0 Å². The van der Waals surface area contributed by atoms with E-state index in [2.05, 4.69) is 22.9 Å². The smallest absolute Gasteiger partial charge is 0.353 e. The highest BCUT2D eigenvalue weighted by molar-refractivity contribution is 7.84. The van der Waals surface area contributed by atoms with E-state index in [1.54, 1.807) is 6.20 Å². The van der Waals surface area contributed by atoms with Crippen molar-refractivity contribution in [3.63, 3.8) is 0 Å². The number of carbonyl (C=O) groups excluding carboxylic acids is 2. The molecule has 0 aliphatic carbocycles. The Morgan fingerprint density at radius 3 is 2.75 bits per heavy atom. The Morgan fingerprint density at radius 1 is 1.46 bits per heavy atom. The molecule has 128 valence electrons. The predicted octanol–water partition coefficient (Wildman–Crippen LogP) is 0.576. The predicted molar refractivity (Wildman–Crippen MR) is 85.7 cm³/mol. The summed E-state index contributed by atoms with van der Waals surface area (Å²) in [5.41, 5.74) is -0.0294. The molecule has 1 amide bonds. The monoisotopic (exact) mass is 350 g/mol. The summed E-state index contributed by atoms with van der Waals surface area (Å²) in [6.45, 7) is 3.83. The van der Waals surface area contributed by atoms with Crippen LogP contribution in [0, 0.1) is 17.8 Å². The molecule has 1 fully saturated rings. The number of carbonyl (C=O) groups is 3. The van der Waals surface area contributed by atoms with Gasteiger partial charge in [-0.2, -0.15) is 0 Å². The number of fused-ring (bicyclic) bond motifs is 1. The van der Waals surface area contributed by atoms with E-state index in [1.165, 1.54) is 15.8 Å². The molecule has 2 aliphatic rings. The highest BCUT2D eigenvalue weighted by Crippen LogP contribution is 2.49. The van der Waals surface area contributed by atoms with Crippen LogP contribution in [0.2, 0.25) is 0 Å². The number of hydrogen-bond acceptors (Lipinski definition) is 6. The van der Waals surface area contributed by atoms with E-state index in [0.717, 1.165) is 0 Å². The zero-order valence-electron chi connectivity index (χ0n) is 13.3. The Balaban J connectivity index is 1.68. The lowest BCUT2D eigenvalue weighted by Gasteiger charge is -2.47. The molecular formula is C15H18N4O4S. The van der Waals surface area contributed by atoms with Crippen LogP contribution < -0.4 is 0 Å². The van der Waals surface area contributed by atoms with Gasteiger partial charge in [-0.25, -0.2) is 9.48 Å². The highest BCUT2D eigenvalue weighted by atomic mass is 32.1. The van der Waals surface area contributed by atoms with Gasteiger partial charge in [-0.3, -0.25) is 9.59 Å². The fourth-order valence-electron chi connectivity index (χ4n) is 3.67. The SMILES string of the molecule is C[C@H]1C(S)=C(C(=O)O)N2C(=O)[C@H]([C@@H](C)CC(=O)Cn3ccnn3)C12. The van der Waals surface area contributed by atoms with E-state index < -0.39 is 5.97 Å². The standard InChI is InChI=1S/C15H18N4O4S/c1-7(5-9(20)6-18-4-3-16-17-18)10-11-8(2)13(24)12(15(22)23)19(11)14(10)21/h3-4,7-8,10-11,24H,5-6H2,1-2H3,(H,22,23)/t7-,8+,10+,11?/m0/s1. The fraction of sp³-hybridized carbons (Fsp3) is 0.533. The average Bonchev–Trinajstić information content (AvgIpc) is 3.06. The van der Waals surface area contributed by atoms with Gasteiger partial charge in [0.1, 0.15) is 12.2 Å². The van der Waals surface area contributed by atoms with E-state index >= 15 is 0 Å². The summed E-state index contributed by atoms with van der Waals surface area (Å²) in [6.07, 6.45) is 3.34. The zero-order valence-corrected chi connectivity index (χ0v) is 14.2. The molecule has 0 aromatic carbocycles. The molecule has 0 bridgehead atoms. The maximum Gasteiger partial charge on any atom is 0.353 e. The van der Waals surface area contributed by atoms with E-state index in [1.807, 2.05) is 13.8 Å². The Kier molecular flexibility index (Phi) is 4.20. The minimum atomic E-state index is -1.14. The Hall–Kier alpha value is -2.16. The first-order valence-electron chi connectivity index (χ1n) is 7.68. The maximum atomic E-state index is 12.4. The third-order valence-electron chi connectivity index (χ3n) is 4.79. The van der Waals surface area contributed by atoms with Crippen LogP contribution in [0.1, 0.15) is 20.3 Å². The van der Waals surface area contributed by atoms with Gasteiger partial charge in [0.05, 0.1) is 18.2 Å². The second-order valence-electron chi connectivity index (χ2n) is 6.37. The Bertz CT molecular complexity index is 730. The molecule has 0 radical (unpaired) electrons. The highest BCUT2D eigenvalue weighted by Gasteiger charge is 2.59. The summed E-state index contributed by atoms with van der Waals surface area (Å²) in [4.78, 5) is 37.7. The van der Waals surface area contributed by atoms with Crippen molar-refractivity contribution >= 4 is 30.3 Å². The molecule has 8 nitrogen and oxygen atoms in total. The van der Waals surface area contributed by atoms with Gasteiger partial charge in [0.25, 0.3) is 0 Å². The van der Waals surface area contributed by atoms with Crippen molar-refractivity contribution < 1.29 is 19.5 Å².